The van der Waals surface area contributed by atoms with Gasteiger partial charge in [-0.2, -0.15) is 0 Å². The lowest BCUT2D eigenvalue weighted by molar-refractivity contribution is -0.143. The van der Waals surface area contributed by atoms with Crippen LogP contribution in [-0.4, -0.2) is 29.9 Å². The predicted octanol–water partition coefficient (Wildman–Crippen LogP) is 2.77. The van der Waals surface area contributed by atoms with E-state index in [1.165, 1.54) is 11.1 Å². The first-order chi connectivity index (χ1) is 10.5. The van der Waals surface area contributed by atoms with Crippen LogP contribution in [0.25, 0.3) is 0 Å². The third kappa shape index (κ3) is 2.91. The van der Waals surface area contributed by atoms with E-state index in [-0.39, 0.29) is 11.5 Å². The molecule has 2 unspecified atom stereocenters. The number of nitrogens with two attached hydrogens (primary N) is 1. The number of hydrogen-bond donors (Lipinski definition) is 1. The fourth-order valence-electron chi connectivity index (χ4n) is 4.09. The van der Waals surface area contributed by atoms with Crippen molar-refractivity contribution >= 4 is 5.91 Å². The molecule has 2 N–H and O–H groups in total. The minimum atomic E-state index is -0.227. The molecule has 1 fully saturated rings. The van der Waals surface area contributed by atoms with Crippen molar-refractivity contribution in [2.24, 2.45) is 17.1 Å². The molecule has 1 heterocycles. The molecule has 0 aromatic heterocycles. The topological polar surface area (TPSA) is 46.3 Å². The monoisotopic (exact) mass is 300 g/mol. The van der Waals surface area contributed by atoms with Crippen molar-refractivity contribution in [2.45, 2.75) is 52.0 Å². The Morgan fingerprint density at radius 1 is 1.27 bits per heavy atom. The van der Waals surface area contributed by atoms with Gasteiger partial charge in [-0.3, -0.25) is 4.79 Å². The number of fused-ring (bicyclic) bond motifs is 1. The number of piperidine rings is 1. The lowest BCUT2D eigenvalue weighted by Gasteiger charge is -2.41. The SMILES string of the molecule is CC(N)C1CCN(C(=O)C2(C)CCc3ccccc3C2)CC1. The van der Waals surface area contributed by atoms with Crippen molar-refractivity contribution in [2.75, 3.05) is 13.1 Å². The maximum absolute atomic E-state index is 13.1. The lowest BCUT2D eigenvalue weighted by atomic mass is 9.71. The van der Waals surface area contributed by atoms with E-state index in [9.17, 15) is 4.79 Å². The van der Waals surface area contributed by atoms with Crippen LogP contribution < -0.4 is 5.73 Å². The molecule has 1 aliphatic heterocycles. The van der Waals surface area contributed by atoms with E-state index in [2.05, 4.69) is 43.0 Å². The summed E-state index contributed by atoms with van der Waals surface area (Å²) in [7, 11) is 0. The third-order valence-electron chi connectivity index (χ3n) is 5.73. The molecule has 2 atom stereocenters. The number of aryl methyl sites for hydroxylation is 1. The van der Waals surface area contributed by atoms with E-state index in [4.69, 9.17) is 5.73 Å². The smallest absolute Gasteiger partial charge is 0.228 e. The summed E-state index contributed by atoms with van der Waals surface area (Å²) in [5, 5.41) is 0. The van der Waals surface area contributed by atoms with Crippen LogP contribution >= 0.6 is 0 Å². The summed E-state index contributed by atoms with van der Waals surface area (Å²) < 4.78 is 0. The number of hydrogen-bond acceptors (Lipinski definition) is 2. The number of carbonyl (C=O) groups excluding carboxylic acids is 1. The largest absolute Gasteiger partial charge is 0.342 e. The normalized spacial score (nSPS) is 27.3. The highest BCUT2D eigenvalue weighted by atomic mass is 16.2. The molecule has 1 aliphatic carbocycles. The van der Waals surface area contributed by atoms with Gasteiger partial charge in [0.2, 0.25) is 5.91 Å². The molecular formula is C19H28N2O. The number of carbonyl (C=O) groups is 1. The number of amides is 1. The molecule has 0 radical (unpaired) electrons. The molecule has 3 rings (SSSR count). The van der Waals surface area contributed by atoms with Gasteiger partial charge in [0.15, 0.2) is 0 Å². The highest BCUT2D eigenvalue weighted by molar-refractivity contribution is 5.83. The van der Waals surface area contributed by atoms with Crippen molar-refractivity contribution < 1.29 is 4.79 Å². The fraction of sp³-hybridized carbons (Fsp3) is 0.632. The molecular weight excluding hydrogens is 272 g/mol. The zero-order chi connectivity index (χ0) is 15.7. The molecule has 1 aromatic rings. The number of rotatable bonds is 2. The predicted molar refractivity (Wildman–Crippen MR) is 89.5 cm³/mol. The van der Waals surface area contributed by atoms with Gasteiger partial charge >= 0.3 is 0 Å². The highest BCUT2D eigenvalue weighted by Gasteiger charge is 2.40. The molecule has 120 valence electrons. The van der Waals surface area contributed by atoms with Crippen LogP contribution in [0, 0.1) is 11.3 Å². The molecule has 3 heteroatoms. The summed E-state index contributed by atoms with van der Waals surface area (Å²) in [5.41, 5.74) is 8.56. The molecule has 0 saturated carbocycles. The molecule has 0 bridgehead atoms. The van der Waals surface area contributed by atoms with E-state index in [0.29, 0.717) is 11.8 Å². The summed E-state index contributed by atoms with van der Waals surface area (Å²) in [4.78, 5) is 15.1. The maximum atomic E-state index is 13.1. The Balaban J connectivity index is 1.68. The van der Waals surface area contributed by atoms with Crippen LogP contribution in [0.2, 0.25) is 0 Å². The van der Waals surface area contributed by atoms with Crippen molar-refractivity contribution in [1.82, 2.24) is 4.90 Å². The van der Waals surface area contributed by atoms with E-state index < -0.39 is 0 Å². The van der Waals surface area contributed by atoms with E-state index in [1.807, 2.05) is 0 Å². The quantitative estimate of drug-likeness (QED) is 0.913. The minimum Gasteiger partial charge on any atom is -0.342 e. The molecule has 1 saturated heterocycles. The van der Waals surface area contributed by atoms with Crippen molar-refractivity contribution in [3.8, 4) is 0 Å². The Bertz CT molecular complexity index is 546. The molecule has 22 heavy (non-hydrogen) atoms. The Hall–Kier alpha value is -1.35. The van der Waals surface area contributed by atoms with Gasteiger partial charge in [0.25, 0.3) is 0 Å². The Morgan fingerprint density at radius 3 is 2.55 bits per heavy atom. The van der Waals surface area contributed by atoms with Crippen molar-refractivity contribution in [3.05, 3.63) is 35.4 Å². The summed E-state index contributed by atoms with van der Waals surface area (Å²) in [6, 6.07) is 8.82. The Kier molecular flexibility index (Phi) is 4.26. The summed E-state index contributed by atoms with van der Waals surface area (Å²) in [6.07, 6.45) is 4.98. The fourth-order valence-corrected chi connectivity index (χ4v) is 4.09. The van der Waals surface area contributed by atoms with Gasteiger partial charge in [-0.15, -0.1) is 0 Å². The Morgan fingerprint density at radius 2 is 1.91 bits per heavy atom. The van der Waals surface area contributed by atoms with Gasteiger partial charge in [0, 0.05) is 19.1 Å². The first kappa shape index (κ1) is 15.5. The molecule has 1 amide bonds. The summed E-state index contributed by atoms with van der Waals surface area (Å²) in [5.74, 6) is 0.925. The number of nitrogens with zero attached hydrogens (tertiary/aromatic N) is 1. The van der Waals surface area contributed by atoms with Crippen LogP contribution in [-0.2, 0) is 17.6 Å². The average Bonchev–Trinajstić information content (AvgIpc) is 2.54. The van der Waals surface area contributed by atoms with Crippen LogP contribution in [0.1, 0.15) is 44.2 Å². The molecule has 3 nitrogen and oxygen atoms in total. The van der Waals surface area contributed by atoms with E-state index in [1.54, 1.807) is 0 Å². The van der Waals surface area contributed by atoms with Gasteiger partial charge in [0.1, 0.15) is 0 Å². The van der Waals surface area contributed by atoms with Gasteiger partial charge < -0.3 is 10.6 Å². The molecule has 0 spiro atoms. The zero-order valence-corrected chi connectivity index (χ0v) is 13.8. The zero-order valence-electron chi connectivity index (χ0n) is 13.8. The highest BCUT2D eigenvalue weighted by Crippen LogP contribution is 2.37. The minimum absolute atomic E-state index is 0.227. The van der Waals surface area contributed by atoms with Crippen LogP contribution in [0.5, 0.6) is 0 Å². The van der Waals surface area contributed by atoms with Gasteiger partial charge in [0.05, 0.1) is 5.41 Å². The van der Waals surface area contributed by atoms with Crippen LogP contribution in [0.3, 0.4) is 0 Å². The average molecular weight is 300 g/mol. The second kappa shape index (κ2) is 6.04. The first-order valence-corrected chi connectivity index (χ1v) is 8.61. The number of benzene rings is 1. The third-order valence-corrected chi connectivity index (χ3v) is 5.73. The summed E-state index contributed by atoms with van der Waals surface area (Å²) >= 11 is 0. The second-order valence-electron chi connectivity index (χ2n) is 7.49. The van der Waals surface area contributed by atoms with Crippen molar-refractivity contribution in [1.29, 1.82) is 0 Å². The van der Waals surface area contributed by atoms with E-state index >= 15 is 0 Å². The van der Waals surface area contributed by atoms with E-state index in [0.717, 1.165) is 45.2 Å². The first-order valence-electron chi connectivity index (χ1n) is 8.61. The molecule has 2 aliphatic rings. The van der Waals surface area contributed by atoms with Crippen molar-refractivity contribution in [3.63, 3.8) is 0 Å². The van der Waals surface area contributed by atoms with Gasteiger partial charge in [-0.1, -0.05) is 31.2 Å². The van der Waals surface area contributed by atoms with Crippen LogP contribution in [0.15, 0.2) is 24.3 Å². The molecule has 1 aromatic carbocycles. The standard InChI is InChI=1S/C19H28N2O/c1-14(20)15-8-11-21(12-9-15)18(22)19(2)10-7-16-5-3-4-6-17(16)13-19/h3-6,14-15H,7-13,20H2,1-2H3. The van der Waals surface area contributed by atoms with Crippen LogP contribution in [0.4, 0.5) is 0 Å². The second-order valence-corrected chi connectivity index (χ2v) is 7.49. The summed E-state index contributed by atoms with van der Waals surface area (Å²) in [6.45, 7) is 6.00. The number of likely N-dealkylation sites (tertiary alicyclic amines) is 1. The maximum Gasteiger partial charge on any atom is 0.228 e. The van der Waals surface area contributed by atoms with Gasteiger partial charge in [-0.05, 0) is 56.1 Å². The lowest BCUT2D eigenvalue weighted by Crippen LogP contribution is -2.49. The van der Waals surface area contributed by atoms with Gasteiger partial charge in [-0.25, -0.2) is 0 Å². The Labute approximate surface area is 133 Å².